The Hall–Kier alpha value is -1.55. The van der Waals surface area contributed by atoms with E-state index in [0.717, 1.165) is 0 Å². The molecule has 1 fully saturated rings. The van der Waals surface area contributed by atoms with Crippen LogP contribution in [0.3, 0.4) is 0 Å². The third kappa shape index (κ3) is 4.22. The van der Waals surface area contributed by atoms with E-state index in [0.29, 0.717) is 44.0 Å². The van der Waals surface area contributed by atoms with E-state index in [4.69, 9.17) is 14.6 Å². The first kappa shape index (κ1) is 20.8. The van der Waals surface area contributed by atoms with Crippen LogP contribution < -0.4 is 9.47 Å². The minimum absolute atomic E-state index is 0. The van der Waals surface area contributed by atoms with Crippen LogP contribution in [0.5, 0.6) is 11.5 Å². The number of carboxylic acid groups (broad SMARTS) is 1. The molecule has 1 aromatic rings. The molecule has 2 aliphatic rings. The first-order valence-corrected chi connectivity index (χ1v) is 9.71. The number of piperidine rings is 1. The Balaban J connectivity index is 0.00000243. The number of benzene rings is 1. The molecule has 26 heavy (non-hydrogen) atoms. The normalized spacial score (nSPS) is 17.9. The van der Waals surface area contributed by atoms with Crippen molar-refractivity contribution in [3.63, 3.8) is 0 Å². The third-order valence-corrected chi connectivity index (χ3v) is 6.56. The number of halogens is 1. The van der Waals surface area contributed by atoms with Crippen molar-refractivity contribution in [1.29, 1.82) is 0 Å². The standard InChI is InChI=1S/C16H22N2O6S.ClH/c1-2-17(10-16(19)20)12-5-7-18(8-6-12)25(21,22)13-3-4-14-15(9-13)24-11-23-14;/h3-4,9,12H,2,5-8,10-11H2,1H3,(H,19,20);1H. The summed E-state index contributed by atoms with van der Waals surface area (Å²) in [5, 5.41) is 8.98. The Morgan fingerprint density at radius 2 is 1.92 bits per heavy atom. The number of sulfonamides is 1. The number of rotatable bonds is 6. The zero-order chi connectivity index (χ0) is 18.0. The van der Waals surface area contributed by atoms with Gasteiger partial charge in [-0.3, -0.25) is 9.69 Å². The first-order chi connectivity index (χ1) is 11.9. The monoisotopic (exact) mass is 406 g/mol. The van der Waals surface area contributed by atoms with Gasteiger partial charge in [0, 0.05) is 25.2 Å². The molecule has 0 spiro atoms. The fourth-order valence-corrected chi connectivity index (χ4v) is 4.79. The molecular weight excluding hydrogens is 384 g/mol. The number of hydrogen-bond donors (Lipinski definition) is 1. The fourth-order valence-electron chi connectivity index (χ4n) is 3.31. The summed E-state index contributed by atoms with van der Waals surface area (Å²) in [6.45, 7) is 3.37. The second-order valence-electron chi connectivity index (χ2n) is 6.11. The van der Waals surface area contributed by atoms with E-state index in [9.17, 15) is 13.2 Å². The van der Waals surface area contributed by atoms with Crippen molar-refractivity contribution in [1.82, 2.24) is 9.21 Å². The van der Waals surface area contributed by atoms with Gasteiger partial charge in [0.2, 0.25) is 16.8 Å². The highest BCUT2D eigenvalue weighted by molar-refractivity contribution is 7.89. The van der Waals surface area contributed by atoms with Crippen LogP contribution in [0.25, 0.3) is 0 Å². The van der Waals surface area contributed by atoms with Crippen LogP contribution in [0.15, 0.2) is 23.1 Å². The molecule has 3 rings (SSSR count). The Labute approximate surface area is 159 Å². The Morgan fingerprint density at radius 1 is 1.27 bits per heavy atom. The van der Waals surface area contributed by atoms with Crippen LogP contribution in [0.4, 0.5) is 0 Å². The van der Waals surface area contributed by atoms with Crippen molar-refractivity contribution in [2.75, 3.05) is 33.0 Å². The van der Waals surface area contributed by atoms with Crippen molar-refractivity contribution in [3.8, 4) is 11.5 Å². The average molecular weight is 407 g/mol. The molecule has 1 N–H and O–H groups in total. The molecule has 1 saturated heterocycles. The SMILES string of the molecule is CCN(CC(=O)O)C1CCN(S(=O)(=O)c2ccc3c(c2)OCO3)CC1.Cl. The molecule has 8 nitrogen and oxygen atoms in total. The van der Waals surface area contributed by atoms with Gasteiger partial charge in [0.15, 0.2) is 11.5 Å². The molecule has 0 radical (unpaired) electrons. The molecule has 2 aliphatic heterocycles. The van der Waals surface area contributed by atoms with Gasteiger partial charge in [-0.2, -0.15) is 4.31 Å². The van der Waals surface area contributed by atoms with Crippen LogP contribution >= 0.6 is 12.4 Å². The number of fused-ring (bicyclic) bond motifs is 1. The lowest BCUT2D eigenvalue weighted by Gasteiger charge is -2.36. The molecule has 0 atom stereocenters. The van der Waals surface area contributed by atoms with E-state index in [1.807, 2.05) is 11.8 Å². The van der Waals surface area contributed by atoms with Gasteiger partial charge < -0.3 is 14.6 Å². The Kier molecular flexibility index (Phi) is 6.73. The number of likely N-dealkylation sites (N-methyl/N-ethyl adjacent to an activating group) is 1. The molecule has 1 aromatic carbocycles. The number of ether oxygens (including phenoxy) is 2. The minimum Gasteiger partial charge on any atom is -0.480 e. The van der Waals surface area contributed by atoms with Crippen LogP contribution in [0, 0.1) is 0 Å². The summed E-state index contributed by atoms with van der Waals surface area (Å²) in [6.07, 6.45) is 1.23. The second-order valence-corrected chi connectivity index (χ2v) is 8.05. The summed E-state index contributed by atoms with van der Waals surface area (Å²) in [6, 6.07) is 4.71. The smallest absolute Gasteiger partial charge is 0.317 e. The van der Waals surface area contributed by atoms with E-state index in [-0.39, 0.29) is 36.7 Å². The summed E-state index contributed by atoms with van der Waals surface area (Å²) in [4.78, 5) is 13.0. The molecule has 0 amide bonds. The zero-order valence-electron chi connectivity index (χ0n) is 14.5. The van der Waals surface area contributed by atoms with Gasteiger partial charge in [-0.15, -0.1) is 12.4 Å². The highest BCUT2D eigenvalue weighted by Crippen LogP contribution is 2.35. The largest absolute Gasteiger partial charge is 0.480 e. The van der Waals surface area contributed by atoms with Gasteiger partial charge in [0.25, 0.3) is 0 Å². The predicted octanol–water partition coefficient (Wildman–Crippen LogP) is 1.40. The molecule has 2 heterocycles. The van der Waals surface area contributed by atoms with E-state index in [1.165, 1.54) is 16.4 Å². The zero-order valence-corrected chi connectivity index (χ0v) is 16.1. The van der Waals surface area contributed by atoms with Crippen LogP contribution in [-0.4, -0.2) is 67.7 Å². The number of aliphatic carboxylic acids is 1. The fraction of sp³-hybridized carbons (Fsp3) is 0.562. The topological polar surface area (TPSA) is 96.4 Å². The first-order valence-electron chi connectivity index (χ1n) is 8.27. The highest BCUT2D eigenvalue weighted by atomic mass is 35.5. The van der Waals surface area contributed by atoms with E-state index < -0.39 is 16.0 Å². The summed E-state index contributed by atoms with van der Waals surface area (Å²) < 4.78 is 37.6. The van der Waals surface area contributed by atoms with Crippen molar-refractivity contribution in [3.05, 3.63) is 18.2 Å². The van der Waals surface area contributed by atoms with Gasteiger partial charge in [-0.05, 0) is 31.5 Å². The Morgan fingerprint density at radius 3 is 2.54 bits per heavy atom. The number of hydrogen-bond acceptors (Lipinski definition) is 6. The molecule has 0 aliphatic carbocycles. The summed E-state index contributed by atoms with van der Waals surface area (Å²) >= 11 is 0. The maximum atomic E-state index is 12.8. The van der Waals surface area contributed by atoms with Gasteiger partial charge in [0.1, 0.15) is 0 Å². The maximum absolute atomic E-state index is 12.8. The summed E-state index contributed by atoms with van der Waals surface area (Å²) in [5.41, 5.74) is 0. The number of carbonyl (C=O) groups is 1. The molecular formula is C16H23ClN2O6S. The third-order valence-electron chi connectivity index (χ3n) is 4.67. The van der Waals surface area contributed by atoms with Crippen LogP contribution in [0.2, 0.25) is 0 Å². The van der Waals surface area contributed by atoms with E-state index >= 15 is 0 Å². The summed E-state index contributed by atoms with van der Waals surface area (Å²) in [5.74, 6) is 0.122. The number of nitrogens with zero attached hydrogens (tertiary/aromatic N) is 2. The minimum atomic E-state index is -3.60. The van der Waals surface area contributed by atoms with Crippen LogP contribution in [0.1, 0.15) is 19.8 Å². The van der Waals surface area contributed by atoms with E-state index in [2.05, 4.69) is 0 Å². The van der Waals surface area contributed by atoms with E-state index in [1.54, 1.807) is 6.07 Å². The molecule has 0 bridgehead atoms. The van der Waals surface area contributed by atoms with Gasteiger partial charge in [0.05, 0.1) is 11.4 Å². The van der Waals surface area contributed by atoms with Crippen molar-refractivity contribution in [2.24, 2.45) is 0 Å². The van der Waals surface area contributed by atoms with Crippen LogP contribution in [-0.2, 0) is 14.8 Å². The number of carboxylic acids is 1. The van der Waals surface area contributed by atoms with Gasteiger partial charge >= 0.3 is 5.97 Å². The molecule has 0 aromatic heterocycles. The predicted molar refractivity (Wildman–Crippen MR) is 96.5 cm³/mol. The lowest BCUT2D eigenvalue weighted by Crippen LogP contribution is -2.48. The molecule has 10 heteroatoms. The Bertz CT molecular complexity index is 749. The lowest BCUT2D eigenvalue weighted by atomic mass is 10.0. The highest BCUT2D eigenvalue weighted by Gasteiger charge is 2.32. The summed E-state index contributed by atoms with van der Waals surface area (Å²) in [7, 11) is -3.60. The average Bonchev–Trinajstić information content (AvgIpc) is 3.07. The van der Waals surface area contributed by atoms with Crippen molar-refractivity contribution in [2.45, 2.75) is 30.7 Å². The molecule has 146 valence electrons. The maximum Gasteiger partial charge on any atom is 0.317 e. The van der Waals surface area contributed by atoms with Crippen molar-refractivity contribution < 1.29 is 27.8 Å². The lowest BCUT2D eigenvalue weighted by molar-refractivity contribution is -0.139. The molecule has 0 saturated carbocycles. The van der Waals surface area contributed by atoms with Gasteiger partial charge in [-0.1, -0.05) is 6.92 Å². The molecule has 0 unspecified atom stereocenters. The quantitative estimate of drug-likeness (QED) is 0.762. The van der Waals surface area contributed by atoms with Crippen molar-refractivity contribution >= 4 is 28.4 Å². The van der Waals surface area contributed by atoms with Gasteiger partial charge in [-0.25, -0.2) is 8.42 Å². The second kappa shape index (κ2) is 8.43.